The second kappa shape index (κ2) is 4.36. The molecule has 104 valence electrons. The molecule has 1 aliphatic rings. The Bertz CT molecular complexity index is 702. The summed E-state index contributed by atoms with van der Waals surface area (Å²) in [5.74, 6) is -5.42. The van der Waals surface area contributed by atoms with Crippen LogP contribution in [0.2, 0.25) is 0 Å². The molecule has 0 unspecified atom stereocenters. The van der Waals surface area contributed by atoms with Gasteiger partial charge in [0.05, 0.1) is 5.69 Å². The second-order valence-corrected chi connectivity index (χ2v) is 4.57. The van der Waals surface area contributed by atoms with Gasteiger partial charge in [-0.3, -0.25) is 0 Å². The summed E-state index contributed by atoms with van der Waals surface area (Å²) < 4.78 is 40.7. The Balaban J connectivity index is 2.21. The number of rotatable bonds is 2. The highest BCUT2D eigenvalue weighted by molar-refractivity contribution is 5.87. The third-order valence-electron chi connectivity index (χ3n) is 3.35. The molecule has 0 fully saturated rings. The van der Waals surface area contributed by atoms with E-state index >= 15 is 0 Å². The van der Waals surface area contributed by atoms with Crippen molar-refractivity contribution in [2.45, 2.75) is 19.3 Å². The topological polar surface area (TPSA) is 55.1 Å². The number of hydrogen-bond acceptors (Lipinski definition) is 2. The molecule has 7 heteroatoms. The summed E-state index contributed by atoms with van der Waals surface area (Å²) in [5.41, 5.74) is 1.03. The largest absolute Gasteiger partial charge is 0.476 e. The highest BCUT2D eigenvalue weighted by Gasteiger charge is 2.27. The van der Waals surface area contributed by atoms with E-state index in [-0.39, 0.29) is 11.4 Å². The molecular weight excluding hydrogens is 273 g/mol. The second-order valence-electron chi connectivity index (χ2n) is 4.57. The minimum Gasteiger partial charge on any atom is -0.476 e. The Labute approximate surface area is 111 Å². The quantitative estimate of drug-likeness (QED) is 0.861. The summed E-state index contributed by atoms with van der Waals surface area (Å²) in [7, 11) is 0. The van der Waals surface area contributed by atoms with Gasteiger partial charge in [-0.15, -0.1) is 0 Å². The van der Waals surface area contributed by atoms with Gasteiger partial charge in [0, 0.05) is 23.4 Å². The van der Waals surface area contributed by atoms with E-state index in [0.717, 1.165) is 18.6 Å². The van der Waals surface area contributed by atoms with E-state index in [0.29, 0.717) is 24.1 Å². The van der Waals surface area contributed by atoms with Crippen LogP contribution in [0.25, 0.3) is 5.69 Å². The lowest BCUT2D eigenvalue weighted by Gasteiger charge is -2.06. The molecule has 0 bridgehead atoms. The van der Waals surface area contributed by atoms with Crippen molar-refractivity contribution in [3.8, 4) is 5.69 Å². The first-order valence-electron chi connectivity index (χ1n) is 5.98. The molecule has 1 heterocycles. The smallest absolute Gasteiger partial charge is 0.356 e. The predicted molar refractivity (Wildman–Crippen MR) is 62.4 cm³/mol. The monoisotopic (exact) mass is 282 g/mol. The third kappa shape index (κ3) is 1.77. The van der Waals surface area contributed by atoms with Crippen LogP contribution >= 0.6 is 0 Å². The van der Waals surface area contributed by atoms with Crippen molar-refractivity contribution in [3.05, 3.63) is 46.5 Å². The van der Waals surface area contributed by atoms with Crippen molar-refractivity contribution in [3.63, 3.8) is 0 Å². The molecule has 20 heavy (non-hydrogen) atoms. The van der Waals surface area contributed by atoms with E-state index in [9.17, 15) is 18.0 Å². The highest BCUT2D eigenvalue weighted by atomic mass is 19.2. The zero-order valence-electron chi connectivity index (χ0n) is 10.2. The number of halogens is 3. The number of carboxylic acids is 1. The number of fused-ring (bicyclic) bond motifs is 1. The fourth-order valence-electron chi connectivity index (χ4n) is 2.49. The van der Waals surface area contributed by atoms with Crippen LogP contribution in [0.5, 0.6) is 0 Å². The first-order valence-corrected chi connectivity index (χ1v) is 5.98. The number of nitrogens with zero attached hydrogens (tertiary/aromatic N) is 2. The van der Waals surface area contributed by atoms with Crippen LogP contribution in [0.3, 0.4) is 0 Å². The van der Waals surface area contributed by atoms with E-state index < -0.39 is 23.4 Å². The van der Waals surface area contributed by atoms with Crippen molar-refractivity contribution in [1.82, 2.24) is 9.78 Å². The predicted octanol–water partition coefficient (Wildman–Crippen LogP) is 2.48. The maximum absolute atomic E-state index is 13.3. The normalized spacial score (nSPS) is 13.6. The first kappa shape index (κ1) is 12.7. The van der Waals surface area contributed by atoms with Crippen LogP contribution in [0.4, 0.5) is 13.2 Å². The molecular formula is C13H9F3N2O2. The van der Waals surface area contributed by atoms with Crippen LogP contribution in [-0.2, 0) is 12.8 Å². The van der Waals surface area contributed by atoms with Crippen molar-refractivity contribution >= 4 is 5.97 Å². The summed E-state index contributed by atoms with van der Waals surface area (Å²) in [6.45, 7) is 0. The number of benzene rings is 1. The molecule has 0 radical (unpaired) electrons. The molecule has 3 rings (SSSR count). The SMILES string of the molecule is O=C(O)c1nn(-c2cc(F)c(F)c(F)c2)c2c1CCC2. The number of aromatic carboxylic acids is 1. The van der Waals surface area contributed by atoms with Gasteiger partial charge in [0.1, 0.15) is 0 Å². The standard InChI is InChI=1S/C13H9F3N2O2/c14-8-4-6(5-9(15)11(8)16)18-10-3-1-2-7(10)12(17-18)13(19)20/h4-5H,1-3H2,(H,19,20). The van der Waals surface area contributed by atoms with Gasteiger partial charge < -0.3 is 5.11 Å². The van der Waals surface area contributed by atoms with Gasteiger partial charge in [0.15, 0.2) is 23.1 Å². The van der Waals surface area contributed by atoms with Crippen molar-refractivity contribution < 1.29 is 23.1 Å². The van der Waals surface area contributed by atoms with Gasteiger partial charge in [-0.05, 0) is 19.3 Å². The Hall–Kier alpha value is -2.31. The van der Waals surface area contributed by atoms with Gasteiger partial charge in [-0.1, -0.05) is 0 Å². The zero-order chi connectivity index (χ0) is 14.4. The van der Waals surface area contributed by atoms with Crippen LogP contribution in [0, 0.1) is 17.5 Å². The molecule has 0 saturated heterocycles. The molecule has 0 amide bonds. The fraction of sp³-hybridized carbons (Fsp3) is 0.231. The summed E-state index contributed by atoms with van der Waals surface area (Å²) in [4.78, 5) is 11.1. The van der Waals surface area contributed by atoms with E-state index in [2.05, 4.69) is 5.10 Å². The molecule has 0 spiro atoms. The van der Waals surface area contributed by atoms with E-state index in [1.807, 2.05) is 0 Å². The highest BCUT2D eigenvalue weighted by Crippen LogP contribution is 2.28. The number of carbonyl (C=O) groups is 1. The van der Waals surface area contributed by atoms with Gasteiger partial charge in [0.25, 0.3) is 0 Å². The molecule has 0 aliphatic heterocycles. The molecule has 0 atom stereocenters. The number of carboxylic acid groups (broad SMARTS) is 1. The molecule has 1 aromatic carbocycles. The number of hydrogen-bond donors (Lipinski definition) is 1. The van der Waals surface area contributed by atoms with Crippen LogP contribution < -0.4 is 0 Å². The average Bonchev–Trinajstić information content (AvgIpc) is 2.96. The van der Waals surface area contributed by atoms with Gasteiger partial charge in [-0.2, -0.15) is 5.10 Å². The Kier molecular flexibility index (Phi) is 2.77. The Morgan fingerprint density at radius 3 is 2.45 bits per heavy atom. The van der Waals surface area contributed by atoms with Crippen molar-refractivity contribution in [1.29, 1.82) is 0 Å². The van der Waals surface area contributed by atoms with Crippen LogP contribution in [0.15, 0.2) is 12.1 Å². The van der Waals surface area contributed by atoms with E-state index in [1.54, 1.807) is 0 Å². The lowest BCUT2D eigenvalue weighted by molar-refractivity contribution is 0.0689. The lowest BCUT2D eigenvalue weighted by Crippen LogP contribution is -2.06. The molecule has 1 aromatic heterocycles. The molecule has 4 nitrogen and oxygen atoms in total. The van der Waals surface area contributed by atoms with E-state index in [1.165, 1.54) is 4.68 Å². The Morgan fingerprint density at radius 2 is 1.85 bits per heavy atom. The van der Waals surface area contributed by atoms with E-state index in [4.69, 9.17) is 5.11 Å². The minimum atomic E-state index is -1.56. The van der Waals surface area contributed by atoms with Gasteiger partial charge in [0.2, 0.25) is 0 Å². The lowest BCUT2D eigenvalue weighted by atomic mass is 10.2. The maximum Gasteiger partial charge on any atom is 0.356 e. The zero-order valence-corrected chi connectivity index (χ0v) is 10.2. The molecule has 2 aromatic rings. The Morgan fingerprint density at radius 1 is 1.20 bits per heavy atom. The summed E-state index contributed by atoms with van der Waals surface area (Å²) in [6.07, 6.45) is 1.87. The average molecular weight is 282 g/mol. The fourth-order valence-corrected chi connectivity index (χ4v) is 2.49. The summed E-state index contributed by atoms with van der Waals surface area (Å²) >= 11 is 0. The first-order chi connectivity index (χ1) is 9.49. The summed E-state index contributed by atoms with van der Waals surface area (Å²) in [6, 6.07) is 1.60. The van der Waals surface area contributed by atoms with Crippen LogP contribution in [0.1, 0.15) is 28.2 Å². The molecule has 1 N–H and O–H groups in total. The molecule has 1 aliphatic carbocycles. The number of aromatic nitrogens is 2. The van der Waals surface area contributed by atoms with Crippen LogP contribution in [-0.4, -0.2) is 20.9 Å². The third-order valence-corrected chi connectivity index (χ3v) is 3.35. The maximum atomic E-state index is 13.3. The molecule has 0 saturated carbocycles. The van der Waals surface area contributed by atoms with Gasteiger partial charge >= 0.3 is 5.97 Å². The summed E-state index contributed by atoms with van der Waals surface area (Å²) in [5, 5.41) is 13.0. The minimum absolute atomic E-state index is 0.0212. The van der Waals surface area contributed by atoms with Crippen molar-refractivity contribution in [2.24, 2.45) is 0 Å². The van der Waals surface area contributed by atoms with Crippen molar-refractivity contribution in [2.75, 3.05) is 0 Å². The van der Waals surface area contributed by atoms with Gasteiger partial charge in [-0.25, -0.2) is 22.6 Å².